The summed E-state index contributed by atoms with van der Waals surface area (Å²) in [6, 6.07) is 8.20. The first-order valence-corrected chi connectivity index (χ1v) is 6.50. The number of halogens is 2. The zero-order valence-corrected chi connectivity index (χ0v) is 10.3. The van der Waals surface area contributed by atoms with Crippen LogP contribution in [0.5, 0.6) is 0 Å². The lowest BCUT2D eigenvalue weighted by Crippen LogP contribution is -2.30. The minimum Gasteiger partial charge on any atom is -0.126 e. The van der Waals surface area contributed by atoms with E-state index < -0.39 is 0 Å². The van der Waals surface area contributed by atoms with Crippen molar-refractivity contribution in [1.29, 1.82) is 0 Å². The summed E-state index contributed by atoms with van der Waals surface area (Å²) < 4.78 is 0. The van der Waals surface area contributed by atoms with Gasteiger partial charge in [0, 0.05) is 16.3 Å². The minimum absolute atomic E-state index is 0.185. The quantitative estimate of drug-likeness (QED) is 0.655. The van der Waals surface area contributed by atoms with Crippen LogP contribution in [-0.4, -0.2) is 5.88 Å². The molecular weight excluding hydrogens is 227 g/mol. The van der Waals surface area contributed by atoms with Gasteiger partial charge in [0.05, 0.1) is 0 Å². The molecular formula is C13H16Cl2. The second-order valence-corrected chi connectivity index (χ2v) is 5.19. The van der Waals surface area contributed by atoms with Gasteiger partial charge in [0.1, 0.15) is 0 Å². The van der Waals surface area contributed by atoms with E-state index in [-0.39, 0.29) is 5.41 Å². The van der Waals surface area contributed by atoms with Crippen molar-refractivity contribution in [2.75, 3.05) is 5.88 Å². The van der Waals surface area contributed by atoms with Gasteiger partial charge in [0.25, 0.3) is 0 Å². The van der Waals surface area contributed by atoms with Gasteiger partial charge >= 0.3 is 0 Å². The predicted octanol–water partition coefficient (Wildman–Crippen LogP) is 4.78. The normalized spacial score (nSPS) is 20.1. The lowest BCUT2D eigenvalue weighted by atomic mass is 9.71. The smallest absolute Gasteiger partial charge is 0.0408 e. The zero-order chi connectivity index (χ0) is 10.7. The van der Waals surface area contributed by atoms with Crippen molar-refractivity contribution in [1.82, 2.24) is 0 Å². The maximum Gasteiger partial charge on any atom is 0.0408 e. The fourth-order valence-electron chi connectivity index (χ4n) is 2.55. The van der Waals surface area contributed by atoms with E-state index in [9.17, 15) is 0 Å². The summed E-state index contributed by atoms with van der Waals surface area (Å²) in [4.78, 5) is 0. The molecule has 82 valence electrons. The summed E-state index contributed by atoms with van der Waals surface area (Å²) in [5.74, 6) is 0.716. The Bertz CT molecular complexity index is 327. The van der Waals surface area contributed by atoms with Crippen LogP contribution in [0.3, 0.4) is 0 Å². The Morgan fingerprint density at radius 2 is 1.87 bits per heavy atom. The van der Waals surface area contributed by atoms with Crippen molar-refractivity contribution in [3.05, 3.63) is 34.9 Å². The number of benzene rings is 1. The molecule has 0 atom stereocenters. The highest BCUT2D eigenvalue weighted by Crippen LogP contribution is 2.40. The van der Waals surface area contributed by atoms with E-state index in [1.807, 2.05) is 12.1 Å². The predicted molar refractivity (Wildman–Crippen MR) is 66.9 cm³/mol. The van der Waals surface area contributed by atoms with Gasteiger partial charge in [0.15, 0.2) is 0 Å². The highest BCUT2D eigenvalue weighted by molar-refractivity contribution is 6.30. The van der Waals surface area contributed by atoms with E-state index in [4.69, 9.17) is 23.2 Å². The molecule has 0 N–H and O–H groups in total. The van der Waals surface area contributed by atoms with E-state index in [0.717, 1.165) is 5.02 Å². The molecule has 2 rings (SSSR count). The Kier molecular flexibility index (Phi) is 3.58. The molecule has 1 aliphatic rings. The van der Waals surface area contributed by atoms with Gasteiger partial charge in [-0.15, -0.1) is 11.6 Å². The summed E-state index contributed by atoms with van der Waals surface area (Å²) in [6.07, 6.45) is 6.34. The van der Waals surface area contributed by atoms with Crippen LogP contribution in [0, 0.1) is 0 Å². The van der Waals surface area contributed by atoms with E-state index >= 15 is 0 Å². The Labute approximate surface area is 102 Å². The molecule has 0 amide bonds. The average Bonchev–Trinajstić information content (AvgIpc) is 2.30. The highest BCUT2D eigenvalue weighted by atomic mass is 35.5. The topological polar surface area (TPSA) is 0 Å². The minimum atomic E-state index is 0.185. The molecule has 0 aromatic heterocycles. The van der Waals surface area contributed by atoms with Crippen molar-refractivity contribution < 1.29 is 0 Å². The van der Waals surface area contributed by atoms with Gasteiger partial charge in [-0.1, -0.05) is 43.0 Å². The maximum atomic E-state index is 6.18. The molecule has 1 fully saturated rings. The molecule has 15 heavy (non-hydrogen) atoms. The zero-order valence-electron chi connectivity index (χ0n) is 8.81. The molecule has 0 saturated heterocycles. The van der Waals surface area contributed by atoms with Gasteiger partial charge in [-0.05, 0) is 30.5 Å². The number of hydrogen-bond acceptors (Lipinski definition) is 0. The SMILES string of the molecule is ClCC1(c2cccc(Cl)c2)CCCCC1. The van der Waals surface area contributed by atoms with Gasteiger partial charge in [-0.3, -0.25) is 0 Å². The molecule has 0 heterocycles. The van der Waals surface area contributed by atoms with Crippen molar-refractivity contribution in [2.24, 2.45) is 0 Å². The molecule has 1 saturated carbocycles. The summed E-state index contributed by atoms with van der Waals surface area (Å²) >= 11 is 12.2. The first-order valence-electron chi connectivity index (χ1n) is 5.59. The second-order valence-electron chi connectivity index (χ2n) is 4.48. The van der Waals surface area contributed by atoms with Gasteiger partial charge in [-0.25, -0.2) is 0 Å². The molecule has 0 bridgehead atoms. The molecule has 2 heteroatoms. The fourth-order valence-corrected chi connectivity index (χ4v) is 3.16. The summed E-state index contributed by atoms with van der Waals surface area (Å²) in [5.41, 5.74) is 1.51. The van der Waals surface area contributed by atoms with Crippen LogP contribution in [-0.2, 0) is 5.41 Å². The molecule has 0 radical (unpaired) electrons. The van der Waals surface area contributed by atoms with Crippen LogP contribution < -0.4 is 0 Å². The monoisotopic (exact) mass is 242 g/mol. The van der Waals surface area contributed by atoms with Crippen molar-refractivity contribution in [2.45, 2.75) is 37.5 Å². The van der Waals surface area contributed by atoms with Gasteiger partial charge in [0.2, 0.25) is 0 Å². The van der Waals surface area contributed by atoms with E-state index in [0.29, 0.717) is 5.88 Å². The Hall–Kier alpha value is -0.200. The maximum absolute atomic E-state index is 6.18. The first kappa shape index (κ1) is 11.3. The fraction of sp³-hybridized carbons (Fsp3) is 0.538. The molecule has 0 aliphatic heterocycles. The second kappa shape index (κ2) is 4.76. The van der Waals surface area contributed by atoms with Gasteiger partial charge in [-0.2, -0.15) is 0 Å². The first-order chi connectivity index (χ1) is 7.27. The summed E-state index contributed by atoms with van der Waals surface area (Å²) in [6.45, 7) is 0. The van der Waals surface area contributed by atoms with Crippen LogP contribution in [0.4, 0.5) is 0 Å². The molecule has 0 nitrogen and oxygen atoms in total. The summed E-state index contributed by atoms with van der Waals surface area (Å²) in [5, 5.41) is 0.822. The van der Waals surface area contributed by atoms with Crippen LogP contribution in [0.1, 0.15) is 37.7 Å². The highest BCUT2D eigenvalue weighted by Gasteiger charge is 2.32. The third-order valence-corrected chi connectivity index (χ3v) is 4.25. The van der Waals surface area contributed by atoms with Crippen LogP contribution >= 0.6 is 23.2 Å². The average molecular weight is 243 g/mol. The van der Waals surface area contributed by atoms with Crippen molar-refractivity contribution >= 4 is 23.2 Å². The third kappa shape index (κ3) is 2.32. The van der Waals surface area contributed by atoms with E-state index in [1.54, 1.807) is 0 Å². The Morgan fingerprint density at radius 3 is 2.47 bits per heavy atom. The van der Waals surface area contributed by atoms with Crippen LogP contribution in [0.25, 0.3) is 0 Å². The standard InChI is InChI=1S/C13H16Cl2/c14-10-13(7-2-1-3-8-13)11-5-4-6-12(15)9-11/h4-6,9H,1-3,7-8,10H2. The molecule has 1 aliphatic carbocycles. The van der Waals surface area contributed by atoms with Crippen molar-refractivity contribution in [3.8, 4) is 0 Å². The molecule has 0 spiro atoms. The number of rotatable bonds is 2. The van der Waals surface area contributed by atoms with E-state index in [2.05, 4.69) is 12.1 Å². The number of hydrogen-bond donors (Lipinski definition) is 0. The molecule has 0 unspecified atom stereocenters. The third-order valence-electron chi connectivity index (χ3n) is 3.50. The lowest BCUT2D eigenvalue weighted by molar-refractivity contribution is 0.324. The van der Waals surface area contributed by atoms with Crippen molar-refractivity contribution in [3.63, 3.8) is 0 Å². The number of alkyl halides is 1. The Morgan fingerprint density at radius 1 is 1.13 bits per heavy atom. The molecule has 1 aromatic rings. The molecule has 1 aromatic carbocycles. The lowest BCUT2D eigenvalue weighted by Gasteiger charge is -2.36. The van der Waals surface area contributed by atoms with Crippen LogP contribution in [0.2, 0.25) is 5.02 Å². The largest absolute Gasteiger partial charge is 0.126 e. The van der Waals surface area contributed by atoms with E-state index in [1.165, 1.54) is 37.7 Å². The Balaban J connectivity index is 2.32. The summed E-state index contributed by atoms with van der Waals surface area (Å²) in [7, 11) is 0. The van der Waals surface area contributed by atoms with Gasteiger partial charge < -0.3 is 0 Å². The van der Waals surface area contributed by atoms with Crippen LogP contribution in [0.15, 0.2) is 24.3 Å².